The van der Waals surface area contributed by atoms with Crippen LogP contribution in [0.25, 0.3) is 0 Å². The topological polar surface area (TPSA) is 69.0 Å². The summed E-state index contributed by atoms with van der Waals surface area (Å²) >= 11 is 0. The first kappa shape index (κ1) is 17.7. The lowest BCUT2D eigenvalue weighted by Gasteiger charge is -2.15. The van der Waals surface area contributed by atoms with Crippen LogP contribution in [0.2, 0.25) is 0 Å². The summed E-state index contributed by atoms with van der Waals surface area (Å²) in [5, 5.41) is 7.20. The van der Waals surface area contributed by atoms with Crippen molar-refractivity contribution in [2.45, 2.75) is 26.5 Å². The van der Waals surface area contributed by atoms with Gasteiger partial charge in [0.15, 0.2) is 0 Å². The predicted octanol–water partition coefficient (Wildman–Crippen LogP) is 3.19. The van der Waals surface area contributed by atoms with E-state index in [0.717, 1.165) is 22.6 Å². The zero-order valence-corrected chi connectivity index (χ0v) is 15.1. The molecule has 6 heteroatoms. The minimum Gasteiger partial charge on any atom is -0.489 e. The van der Waals surface area contributed by atoms with E-state index in [-0.39, 0.29) is 11.9 Å². The van der Waals surface area contributed by atoms with Gasteiger partial charge in [-0.3, -0.25) is 14.5 Å². The fourth-order valence-electron chi connectivity index (χ4n) is 2.68. The number of hydrogen-bond donors (Lipinski definition) is 1. The molecule has 3 rings (SSSR count). The van der Waals surface area contributed by atoms with Gasteiger partial charge in [-0.25, -0.2) is 0 Å². The van der Waals surface area contributed by atoms with Crippen LogP contribution in [0.1, 0.15) is 40.3 Å². The molecule has 2 aromatic heterocycles. The van der Waals surface area contributed by atoms with Gasteiger partial charge in [0.1, 0.15) is 18.1 Å². The Bertz CT molecular complexity index is 873. The second kappa shape index (κ2) is 7.82. The van der Waals surface area contributed by atoms with Gasteiger partial charge in [-0.2, -0.15) is 5.10 Å². The van der Waals surface area contributed by atoms with Gasteiger partial charge in [-0.15, -0.1) is 0 Å². The van der Waals surface area contributed by atoms with Gasteiger partial charge in [0.2, 0.25) is 0 Å². The van der Waals surface area contributed by atoms with E-state index in [2.05, 4.69) is 15.4 Å². The van der Waals surface area contributed by atoms with Gasteiger partial charge >= 0.3 is 0 Å². The van der Waals surface area contributed by atoms with Gasteiger partial charge in [-0.1, -0.05) is 18.2 Å². The van der Waals surface area contributed by atoms with Crippen LogP contribution >= 0.6 is 0 Å². The van der Waals surface area contributed by atoms with E-state index >= 15 is 0 Å². The summed E-state index contributed by atoms with van der Waals surface area (Å²) in [6, 6.07) is 13.2. The highest BCUT2D eigenvalue weighted by atomic mass is 16.5. The quantitative estimate of drug-likeness (QED) is 0.741. The number of rotatable bonds is 6. The molecule has 1 atom stereocenters. The maximum Gasteiger partial charge on any atom is 0.270 e. The van der Waals surface area contributed by atoms with Crippen molar-refractivity contribution in [2.24, 2.45) is 7.05 Å². The van der Waals surface area contributed by atoms with Crippen molar-refractivity contribution >= 4 is 5.91 Å². The number of hydrogen-bond acceptors (Lipinski definition) is 4. The van der Waals surface area contributed by atoms with E-state index in [1.54, 1.807) is 30.2 Å². The standard InChI is InChI=1S/C20H22N4O2/c1-14-11-19(24(3)23-14)20(25)22-15(2)17-6-8-18(9-7-17)26-13-16-5-4-10-21-12-16/h4-12,15H,13H2,1-3H3,(H,22,25). The maximum absolute atomic E-state index is 12.4. The molecule has 1 aromatic carbocycles. The van der Waals surface area contributed by atoms with Crippen LogP contribution in [-0.4, -0.2) is 20.7 Å². The van der Waals surface area contributed by atoms with Crippen LogP contribution < -0.4 is 10.1 Å². The highest BCUT2D eigenvalue weighted by Gasteiger charge is 2.15. The maximum atomic E-state index is 12.4. The lowest BCUT2D eigenvalue weighted by molar-refractivity contribution is 0.0930. The molecule has 1 amide bonds. The smallest absolute Gasteiger partial charge is 0.270 e. The molecule has 134 valence electrons. The first-order valence-corrected chi connectivity index (χ1v) is 8.46. The average Bonchev–Trinajstić information content (AvgIpc) is 2.99. The third-order valence-corrected chi connectivity index (χ3v) is 4.09. The fourth-order valence-corrected chi connectivity index (χ4v) is 2.68. The molecular formula is C20H22N4O2. The van der Waals surface area contributed by atoms with Crippen molar-refractivity contribution in [3.8, 4) is 5.75 Å². The Labute approximate surface area is 152 Å². The molecule has 0 aliphatic rings. The zero-order chi connectivity index (χ0) is 18.5. The number of nitrogens with one attached hydrogen (secondary N) is 1. The molecule has 1 N–H and O–H groups in total. The van der Waals surface area contributed by atoms with Crippen LogP contribution in [0.15, 0.2) is 54.9 Å². The molecule has 0 aliphatic carbocycles. The first-order valence-electron chi connectivity index (χ1n) is 8.46. The largest absolute Gasteiger partial charge is 0.489 e. The van der Waals surface area contributed by atoms with Gasteiger partial charge in [0.25, 0.3) is 5.91 Å². The second-order valence-electron chi connectivity index (χ2n) is 6.21. The summed E-state index contributed by atoms with van der Waals surface area (Å²) in [7, 11) is 1.76. The number of pyridine rings is 1. The number of aryl methyl sites for hydroxylation is 2. The van der Waals surface area contributed by atoms with Gasteiger partial charge in [-0.05, 0) is 43.7 Å². The lowest BCUT2D eigenvalue weighted by atomic mass is 10.1. The monoisotopic (exact) mass is 350 g/mol. The van der Waals surface area contributed by atoms with E-state index < -0.39 is 0 Å². The summed E-state index contributed by atoms with van der Waals surface area (Å²) in [6.45, 7) is 4.29. The van der Waals surface area contributed by atoms with Crippen molar-refractivity contribution in [1.82, 2.24) is 20.1 Å². The molecule has 26 heavy (non-hydrogen) atoms. The van der Waals surface area contributed by atoms with E-state index in [9.17, 15) is 4.79 Å². The van der Waals surface area contributed by atoms with Crippen molar-refractivity contribution in [3.05, 3.63) is 77.4 Å². The zero-order valence-electron chi connectivity index (χ0n) is 15.1. The van der Waals surface area contributed by atoms with Crippen LogP contribution in [0, 0.1) is 6.92 Å². The number of carbonyl (C=O) groups is 1. The third kappa shape index (κ3) is 4.27. The average molecular weight is 350 g/mol. The summed E-state index contributed by atoms with van der Waals surface area (Å²) in [5.41, 5.74) is 3.39. The fraction of sp³-hybridized carbons (Fsp3) is 0.250. The first-order chi connectivity index (χ1) is 12.5. The molecule has 0 spiro atoms. The lowest BCUT2D eigenvalue weighted by Crippen LogP contribution is -2.28. The number of aromatic nitrogens is 3. The number of nitrogens with zero attached hydrogens (tertiary/aromatic N) is 3. The SMILES string of the molecule is Cc1cc(C(=O)NC(C)c2ccc(OCc3cccnc3)cc2)n(C)n1. The summed E-state index contributed by atoms with van der Waals surface area (Å²) in [4.78, 5) is 16.5. The summed E-state index contributed by atoms with van der Waals surface area (Å²) in [6.07, 6.45) is 3.52. The molecule has 0 saturated heterocycles. The molecule has 0 fully saturated rings. The van der Waals surface area contributed by atoms with Gasteiger partial charge < -0.3 is 10.1 Å². The number of benzene rings is 1. The summed E-state index contributed by atoms with van der Waals surface area (Å²) in [5.74, 6) is 0.635. The van der Waals surface area contributed by atoms with Crippen molar-refractivity contribution in [2.75, 3.05) is 0 Å². The normalized spacial score (nSPS) is 11.8. The molecule has 0 aliphatic heterocycles. The molecule has 1 unspecified atom stereocenters. The highest BCUT2D eigenvalue weighted by Crippen LogP contribution is 2.19. The van der Waals surface area contributed by atoms with Crippen molar-refractivity contribution < 1.29 is 9.53 Å². The third-order valence-electron chi connectivity index (χ3n) is 4.09. The molecule has 6 nitrogen and oxygen atoms in total. The Morgan fingerprint density at radius 2 is 2.04 bits per heavy atom. The Morgan fingerprint density at radius 1 is 1.27 bits per heavy atom. The molecule has 2 heterocycles. The van der Waals surface area contributed by atoms with Crippen LogP contribution in [0.4, 0.5) is 0 Å². The van der Waals surface area contributed by atoms with Crippen LogP contribution in [0.5, 0.6) is 5.75 Å². The number of amides is 1. The Kier molecular flexibility index (Phi) is 5.31. The Hall–Kier alpha value is -3.15. The van der Waals surface area contributed by atoms with E-state index in [1.165, 1.54) is 0 Å². The Morgan fingerprint density at radius 3 is 2.65 bits per heavy atom. The molecule has 0 bridgehead atoms. The summed E-state index contributed by atoms with van der Waals surface area (Å²) < 4.78 is 7.35. The second-order valence-corrected chi connectivity index (χ2v) is 6.21. The predicted molar refractivity (Wildman–Crippen MR) is 98.8 cm³/mol. The van der Waals surface area contributed by atoms with Gasteiger partial charge in [0.05, 0.1) is 11.7 Å². The van der Waals surface area contributed by atoms with Crippen molar-refractivity contribution in [1.29, 1.82) is 0 Å². The Balaban J connectivity index is 1.59. The van der Waals surface area contributed by atoms with E-state index in [4.69, 9.17) is 4.74 Å². The van der Waals surface area contributed by atoms with E-state index in [0.29, 0.717) is 12.3 Å². The van der Waals surface area contributed by atoms with E-state index in [1.807, 2.05) is 50.2 Å². The minimum atomic E-state index is -0.141. The van der Waals surface area contributed by atoms with Crippen molar-refractivity contribution in [3.63, 3.8) is 0 Å². The highest BCUT2D eigenvalue weighted by molar-refractivity contribution is 5.92. The minimum absolute atomic E-state index is 0.120. The number of ether oxygens (including phenoxy) is 1. The molecule has 0 saturated carbocycles. The molecule has 0 radical (unpaired) electrons. The van der Waals surface area contributed by atoms with Gasteiger partial charge in [0, 0.05) is 25.0 Å². The van der Waals surface area contributed by atoms with Crippen LogP contribution in [-0.2, 0) is 13.7 Å². The number of carbonyl (C=O) groups excluding carboxylic acids is 1. The molecular weight excluding hydrogens is 328 g/mol. The molecule has 3 aromatic rings. The van der Waals surface area contributed by atoms with Crippen LogP contribution in [0.3, 0.4) is 0 Å².